The van der Waals surface area contributed by atoms with E-state index in [0.29, 0.717) is 6.04 Å². The van der Waals surface area contributed by atoms with Crippen LogP contribution in [0.1, 0.15) is 12.8 Å². The van der Waals surface area contributed by atoms with E-state index in [0.717, 1.165) is 37.4 Å². The molecule has 1 fully saturated rings. The van der Waals surface area contributed by atoms with Crippen LogP contribution in [0.3, 0.4) is 0 Å². The van der Waals surface area contributed by atoms with Crippen molar-refractivity contribution in [2.75, 3.05) is 23.7 Å². The number of hydrogen-bond acceptors (Lipinski definition) is 4. The van der Waals surface area contributed by atoms with Crippen LogP contribution >= 0.6 is 0 Å². The van der Waals surface area contributed by atoms with Crippen LogP contribution in [-0.2, 0) is 7.05 Å². The number of hydrogen-bond donors (Lipinski definition) is 2. The van der Waals surface area contributed by atoms with Gasteiger partial charge in [-0.25, -0.2) is 0 Å². The summed E-state index contributed by atoms with van der Waals surface area (Å²) in [4.78, 5) is 2.26. The quantitative estimate of drug-likeness (QED) is 0.658. The van der Waals surface area contributed by atoms with Gasteiger partial charge in [-0.3, -0.25) is 4.68 Å². The standard InChI is InChI=1S/C9H17N5/c1-13-9(8(11)6-12-13)14-4-2-7(10)3-5-14/h6-7H,2-5,10-11H2,1H3. The lowest BCUT2D eigenvalue weighted by atomic mass is 10.1. The topological polar surface area (TPSA) is 73.1 Å². The Kier molecular flexibility index (Phi) is 2.33. The summed E-state index contributed by atoms with van der Waals surface area (Å²) in [5, 5.41) is 4.13. The van der Waals surface area contributed by atoms with Gasteiger partial charge < -0.3 is 16.4 Å². The lowest BCUT2D eigenvalue weighted by Crippen LogP contribution is -2.40. The summed E-state index contributed by atoms with van der Waals surface area (Å²) < 4.78 is 1.83. The Morgan fingerprint density at radius 1 is 1.43 bits per heavy atom. The van der Waals surface area contributed by atoms with Crippen LogP contribution in [-0.4, -0.2) is 28.9 Å². The van der Waals surface area contributed by atoms with E-state index in [9.17, 15) is 0 Å². The normalized spacial score (nSPS) is 18.9. The minimum atomic E-state index is 0.348. The van der Waals surface area contributed by atoms with E-state index in [-0.39, 0.29) is 0 Å². The van der Waals surface area contributed by atoms with E-state index in [4.69, 9.17) is 11.5 Å². The van der Waals surface area contributed by atoms with Gasteiger partial charge in [-0.1, -0.05) is 0 Å². The molecule has 0 unspecified atom stereocenters. The summed E-state index contributed by atoms with van der Waals surface area (Å²) in [7, 11) is 1.92. The maximum atomic E-state index is 5.85. The first-order chi connectivity index (χ1) is 6.68. The van der Waals surface area contributed by atoms with E-state index in [1.54, 1.807) is 6.20 Å². The largest absolute Gasteiger partial charge is 0.394 e. The maximum Gasteiger partial charge on any atom is 0.150 e. The number of rotatable bonds is 1. The summed E-state index contributed by atoms with van der Waals surface area (Å²) in [5.41, 5.74) is 12.4. The Morgan fingerprint density at radius 2 is 2.07 bits per heavy atom. The minimum Gasteiger partial charge on any atom is -0.394 e. The predicted octanol–water partition coefficient (Wildman–Crippen LogP) is -0.0702. The van der Waals surface area contributed by atoms with Crippen molar-refractivity contribution in [3.05, 3.63) is 6.20 Å². The molecular weight excluding hydrogens is 178 g/mol. The number of nitrogens with two attached hydrogens (primary N) is 2. The Morgan fingerprint density at radius 3 is 2.57 bits per heavy atom. The molecule has 14 heavy (non-hydrogen) atoms. The first-order valence-corrected chi connectivity index (χ1v) is 4.96. The van der Waals surface area contributed by atoms with E-state index in [1.807, 2.05) is 11.7 Å². The smallest absolute Gasteiger partial charge is 0.150 e. The lowest BCUT2D eigenvalue weighted by Gasteiger charge is -2.31. The molecule has 0 amide bonds. The summed E-state index contributed by atoms with van der Waals surface area (Å²) >= 11 is 0. The molecule has 2 heterocycles. The van der Waals surface area contributed by atoms with Crippen molar-refractivity contribution in [3.63, 3.8) is 0 Å². The molecule has 78 valence electrons. The zero-order chi connectivity index (χ0) is 10.1. The van der Waals surface area contributed by atoms with Crippen LogP contribution < -0.4 is 16.4 Å². The highest BCUT2D eigenvalue weighted by Crippen LogP contribution is 2.24. The van der Waals surface area contributed by atoms with Gasteiger partial charge >= 0.3 is 0 Å². The molecule has 4 N–H and O–H groups in total. The van der Waals surface area contributed by atoms with Gasteiger partial charge in [-0.15, -0.1) is 0 Å². The first-order valence-electron chi connectivity index (χ1n) is 4.96. The molecule has 1 aliphatic rings. The van der Waals surface area contributed by atoms with Crippen LogP contribution in [0.4, 0.5) is 11.5 Å². The number of aryl methyl sites for hydroxylation is 1. The predicted molar refractivity (Wildman–Crippen MR) is 57.0 cm³/mol. The summed E-state index contributed by atoms with van der Waals surface area (Å²) in [6, 6.07) is 0.348. The molecular formula is C9H17N5. The molecule has 0 radical (unpaired) electrons. The average Bonchev–Trinajstić information content (AvgIpc) is 2.49. The number of aromatic nitrogens is 2. The van der Waals surface area contributed by atoms with E-state index in [1.165, 1.54) is 0 Å². The molecule has 1 aliphatic heterocycles. The summed E-state index contributed by atoms with van der Waals surface area (Å²) in [6.45, 7) is 1.95. The SMILES string of the molecule is Cn1ncc(N)c1N1CCC(N)CC1. The fraction of sp³-hybridized carbons (Fsp3) is 0.667. The molecule has 0 atom stereocenters. The number of nitrogen functional groups attached to an aromatic ring is 1. The Labute approximate surface area is 83.7 Å². The van der Waals surface area contributed by atoms with Gasteiger partial charge in [0.1, 0.15) is 5.82 Å². The third-order valence-electron chi connectivity index (χ3n) is 2.77. The third kappa shape index (κ3) is 1.55. The van der Waals surface area contributed by atoms with E-state index >= 15 is 0 Å². The highest BCUT2D eigenvalue weighted by atomic mass is 15.4. The van der Waals surface area contributed by atoms with E-state index < -0.39 is 0 Å². The Balaban J connectivity index is 2.15. The molecule has 1 aromatic rings. The van der Waals surface area contributed by atoms with Gasteiger partial charge in [0.15, 0.2) is 0 Å². The monoisotopic (exact) mass is 195 g/mol. The van der Waals surface area contributed by atoms with Crippen molar-refractivity contribution in [1.29, 1.82) is 0 Å². The van der Waals surface area contributed by atoms with Crippen LogP contribution in [0.25, 0.3) is 0 Å². The molecule has 5 nitrogen and oxygen atoms in total. The number of piperidine rings is 1. The molecule has 0 spiro atoms. The van der Waals surface area contributed by atoms with Crippen molar-refractivity contribution in [2.45, 2.75) is 18.9 Å². The molecule has 5 heteroatoms. The van der Waals surface area contributed by atoms with Crippen LogP contribution in [0.5, 0.6) is 0 Å². The lowest BCUT2D eigenvalue weighted by molar-refractivity contribution is 0.493. The number of nitrogens with zero attached hydrogens (tertiary/aromatic N) is 3. The first kappa shape index (κ1) is 9.33. The van der Waals surface area contributed by atoms with Crippen LogP contribution in [0.2, 0.25) is 0 Å². The van der Waals surface area contributed by atoms with Crippen molar-refractivity contribution in [1.82, 2.24) is 9.78 Å². The highest BCUT2D eigenvalue weighted by Gasteiger charge is 2.20. The van der Waals surface area contributed by atoms with Crippen molar-refractivity contribution < 1.29 is 0 Å². The van der Waals surface area contributed by atoms with E-state index in [2.05, 4.69) is 10.00 Å². The fourth-order valence-electron chi connectivity index (χ4n) is 1.95. The van der Waals surface area contributed by atoms with Crippen LogP contribution in [0.15, 0.2) is 6.20 Å². The van der Waals surface area contributed by atoms with Gasteiger partial charge in [0, 0.05) is 26.2 Å². The van der Waals surface area contributed by atoms with Gasteiger partial charge in [-0.2, -0.15) is 5.10 Å². The van der Waals surface area contributed by atoms with Crippen molar-refractivity contribution >= 4 is 11.5 Å². The molecule has 2 rings (SSSR count). The zero-order valence-electron chi connectivity index (χ0n) is 8.48. The molecule has 0 bridgehead atoms. The van der Waals surface area contributed by atoms with Gasteiger partial charge in [0.2, 0.25) is 0 Å². The van der Waals surface area contributed by atoms with Crippen molar-refractivity contribution in [2.24, 2.45) is 12.8 Å². The Bertz CT molecular complexity index is 292. The zero-order valence-corrected chi connectivity index (χ0v) is 8.48. The molecule has 0 saturated carbocycles. The molecule has 0 aromatic carbocycles. The summed E-state index contributed by atoms with van der Waals surface area (Å²) in [5.74, 6) is 1.02. The maximum absolute atomic E-state index is 5.85. The second-order valence-corrected chi connectivity index (χ2v) is 3.87. The highest BCUT2D eigenvalue weighted by molar-refractivity contribution is 5.62. The average molecular weight is 195 g/mol. The molecule has 0 aliphatic carbocycles. The molecule has 1 saturated heterocycles. The van der Waals surface area contributed by atoms with Crippen molar-refractivity contribution in [3.8, 4) is 0 Å². The second-order valence-electron chi connectivity index (χ2n) is 3.87. The molecule has 1 aromatic heterocycles. The second kappa shape index (κ2) is 3.49. The summed E-state index contributed by atoms with van der Waals surface area (Å²) in [6.07, 6.45) is 3.76. The van der Waals surface area contributed by atoms with Gasteiger partial charge in [0.25, 0.3) is 0 Å². The van der Waals surface area contributed by atoms with Gasteiger partial charge in [-0.05, 0) is 12.8 Å². The third-order valence-corrected chi connectivity index (χ3v) is 2.77. The minimum absolute atomic E-state index is 0.348. The fourth-order valence-corrected chi connectivity index (χ4v) is 1.95. The van der Waals surface area contributed by atoms with Gasteiger partial charge in [0.05, 0.1) is 11.9 Å². The Hall–Kier alpha value is -1.23. The van der Waals surface area contributed by atoms with Crippen LogP contribution in [0, 0.1) is 0 Å². The number of anilines is 2.